The molecule has 21 heavy (non-hydrogen) atoms. The maximum Gasteiger partial charge on any atom is 0.411 e. The molecule has 0 spiro atoms. The summed E-state index contributed by atoms with van der Waals surface area (Å²) in [7, 11) is 0. The Morgan fingerprint density at radius 3 is 2.71 bits per heavy atom. The van der Waals surface area contributed by atoms with Gasteiger partial charge >= 0.3 is 12.1 Å². The average Bonchev–Trinajstić information content (AvgIpc) is 3.13. The van der Waals surface area contributed by atoms with Gasteiger partial charge in [-0.25, -0.2) is 0 Å². The summed E-state index contributed by atoms with van der Waals surface area (Å²) >= 11 is 0.997. The average molecular weight is 325 g/mol. The molecule has 0 amide bonds. The molecule has 0 bridgehead atoms. The Morgan fingerprint density at radius 1 is 1.43 bits per heavy atom. The van der Waals surface area contributed by atoms with E-state index >= 15 is 0 Å². The zero-order valence-electron chi connectivity index (χ0n) is 11.0. The first-order valence-electron chi connectivity index (χ1n) is 6.29. The smallest absolute Gasteiger partial charge is 0.411 e. The zero-order valence-corrected chi connectivity index (χ0v) is 11.8. The lowest BCUT2D eigenvalue weighted by molar-refractivity contribution is -0.174. The second-order valence-electron chi connectivity index (χ2n) is 4.62. The summed E-state index contributed by atoms with van der Waals surface area (Å²) in [6.45, 7) is -1.25. The van der Waals surface area contributed by atoms with E-state index in [0.29, 0.717) is 11.0 Å². The second kappa shape index (κ2) is 6.65. The van der Waals surface area contributed by atoms with Crippen molar-refractivity contribution in [1.82, 2.24) is 14.8 Å². The van der Waals surface area contributed by atoms with Crippen LogP contribution in [0.3, 0.4) is 0 Å². The summed E-state index contributed by atoms with van der Waals surface area (Å²) in [5.74, 6) is -0.208. The first-order valence-corrected chi connectivity index (χ1v) is 7.27. The van der Waals surface area contributed by atoms with Gasteiger partial charge in [0.1, 0.15) is 12.4 Å². The number of thioether (sulfide) groups is 1. The van der Waals surface area contributed by atoms with Gasteiger partial charge in [-0.15, -0.1) is 10.2 Å². The Kier molecular flexibility index (Phi) is 5.09. The van der Waals surface area contributed by atoms with Crippen LogP contribution in [0.1, 0.15) is 24.6 Å². The third-order valence-electron chi connectivity index (χ3n) is 2.74. The van der Waals surface area contributed by atoms with Crippen molar-refractivity contribution in [2.24, 2.45) is 0 Å². The highest BCUT2D eigenvalue weighted by Crippen LogP contribution is 2.40. The van der Waals surface area contributed by atoms with Crippen molar-refractivity contribution in [3.8, 4) is 0 Å². The van der Waals surface area contributed by atoms with Gasteiger partial charge in [0.2, 0.25) is 0 Å². The number of ether oxygens (including phenoxy) is 1. The number of aromatic nitrogens is 3. The number of nitrogens with zero attached hydrogens (tertiary/aromatic N) is 3. The van der Waals surface area contributed by atoms with Crippen molar-refractivity contribution in [3.05, 3.63) is 5.82 Å². The largest absolute Gasteiger partial charge is 0.481 e. The highest BCUT2D eigenvalue weighted by molar-refractivity contribution is 7.99. The van der Waals surface area contributed by atoms with Crippen LogP contribution in [0, 0.1) is 0 Å². The lowest BCUT2D eigenvalue weighted by atomic mass is 10.4. The van der Waals surface area contributed by atoms with E-state index in [9.17, 15) is 18.0 Å². The fraction of sp³-hybridized carbons (Fsp3) is 0.727. The SMILES string of the molecule is O=C(O)CSc1nnc(C2CC2)n1CCOCC(F)(F)F. The minimum absolute atomic E-state index is 0.127. The Morgan fingerprint density at radius 2 is 2.14 bits per heavy atom. The lowest BCUT2D eigenvalue weighted by Gasteiger charge is -2.11. The summed E-state index contributed by atoms with van der Waals surface area (Å²) in [5, 5.41) is 17.0. The summed E-state index contributed by atoms with van der Waals surface area (Å²) in [4.78, 5) is 10.6. The zero-order chi connectivity index (χ0) is 15.5. The summed E-state index contributed by atoms with van der Waals surface area (Å²) in [5.41, 5.74) is 0. The van der Waals surface area contributed by atoms with Gasteiger partial charge < -0.3 is 14.4 Å². The predicted octanol–water partition coefficient (Wildman–Crippen LogP) is 1.91. The van der Waals surface area contributed by atoms with Crippen LogP contribution in [-0.2, 0) is 16.1 Å². The molecule has 0 atom stereocenters. The van der Waals surface area contributed by atoms with Crippen LogP contribution < -0.4 is 0 Å². The molecule has 1 aliphatic rings. The van der Waals surface area contributed by atoms with Gasteiger partial charge in [-0.1, -0.05) is 11.8 Å². The van der Waals surface area contributed by atoms with Crippen LogP contribution in [0.4, 0.5) is 13.2 Å². The molecule has 2 rings (SSSR count). The van der Waals surface area contributed by atoms with Gasteiger partial charge in [0.05, 0.1) is 12.4 Å². The van der Waals surface area contributed by atoms with Crippen molar-refractivity contribution in [1.29, 1.82) is 0 Å². The molecule has 0 saturated heterocycles. The molecule has 1 aromatic rings. The molecule has 1 saturated carbocycles. The lowest BCUT2D eigenvalue weighted by Crippen LogP contribution is -2.19. The number of hydrogen-bond acceptors (Lipinski definition) is 5. The molecule has 1 heterocycles. The minimum atomic E-state index is -4.35. The number of hydrogen-bond donors (Lipinski definition) is 1. The fourth-order valence-electron chi connectivity index (χ4n) is 1.73. The normalized spacial score (nSPS) is 15.4. The first kappa shape index (κ1) is 16.1. The van der Waals surface area contributed by atoms with Crippen LogP contribution in [0.2, 0.25) is 0 Å². The third-order valence-corrected chi connectivity index (χ3v) is 3.69. The van der Waals surface area contributed by atoms with Gasteiger partial charge in [0, 0.05) is 12.5 Å². The maximum atomic E-state index is 12.0. The molecule has 0 radical (unpaired) electrons. The second-order valence-corrected chi connectivity index (χ2v) is 5.56. The molecular formula is C11H14F3N3O3S. The van der Waals surface area contributed by atoms with Crippen molar-refractivity contribution in [2.45, 2.75) is 36.6 Å². The van der Waals surface area contributed by atoms with Crippen LogP contribution in [-0.4, -0.2) is 51.0 Å². The quantitative estimate of drug-likeness (QED) is 0.581. The molecule has 6 nitrogen and oxygen atoms in total. The number of rotatable bonds is 8. The minimum Gasteiger partial charge on any atom is -0.481 e. The van der Waals surface area contributed by atoms with Gasteiger partial charge in [-0.2, -0.15) is 13.2 Å². The van der Waals surface area contributed by atoms with Crippen molar-refractivity contribution < 1.29 is 27.8 Å². The number of carbonyl (C=O) groups is 1. The Labute approximate surface area is 122 Å². The van der Waals surface area contributed by atoms with E-state index in [0.717, 1.165) is 24.6 Å². The van der Waals surface area contributed by atoms with Gasteiger partial charge in [-0.05, 0) is 12.8 Å². The first-order chi connectivity index (χ1) is 9.87. The Hall–Kier alpha value is -1.29. The molecule has 1 aromatic heterocycles. The molecule has 0 unspecified atom stereocenters. The predicted molar refractivity (Wildman–Crippen MR) is 67.2 cm³/mol. The molecule has 1 fully saturated rings. The molecule has 1 aliphatic carbocycles. The number of aliphatic carboxylic acids is 1. The number of carboxylic acids is 1. The molecule has 10 heteroatoms. The number of halogens is 3. The fourth-order valence-corrected chi connectivity index (χ4v) is 2.42. The molecular weight excluding hydrogens is 311 g/mol. The monoisotopic (exact) mass is 325 g/mol. The summed E-state index contributed by atoms with van der Waals surface area (Å²) in [6.07, 6.45) is -2.43. The van der Waals surface area contributed by atoms with Crippen molar-refractivity contribution in [3.63, 3.8) is 0 Å². The highest BCUT2D eigenvalue weighted by atomic mass is 32.2. The van der Waals surface area contributed by atoms with Gasteiger partial charge in [0.25, 0.3) is 0 Å². The Balaban J connectivity index is 1.94. The highest BCUT2D eigenvalue weighted by Gasteiger charge is 2.31. The van der Waals surface area contributed by atoms with Crippen LogP contribution in [0.5, 0.6) is 0 Å². The van der Waals surface area contributed by atoms with Gasteiger partial charge in [0.15, 0.2) is 5.16 Å². The molecule has 118 valence electrons. The standard InChI is InChI=1S/C11H14F3N3O3S/c12-11(13,14)6-20-4-3-17-9(7-1-2-7)15-16-10(17)21-5-8(18)19/h7H,1-6H2,(H,18,19). The third kappa shape index (κ3) is 5.20. The number of alkyl halides is 3. The molecule has 0 aliphatic heterocycles. The van der Waals surface area contributed by atoms with E-state index < -0.39 is 18.8 Å². The van der Waals surface area contributed by atoms with Gasteiger partial charge in [-0.3, -0.25) is 4.79 Å². The van der Waals surface area contributed by atoms with E-state index in [4.69, 9.17) is 5.11 Å². The number of carboxylic acid groups (broad SMARTS) is 1. The van der Waals surface area contributed by atoms with Crippen LogP contribution in [0.25, 0.3) is 0 Å². The van der Waals surface area contributed by atoms with E-state index in [-0.39, 0.29) is 24.8 Å². The van der Waals surface area contributed by atoms with E-state index in [1.54, 1.807) is 4.57 Å². The van der Waals surface area contributed by atoms with E-state index in [1.807, 2.05) is 0 Å². The van der Waals surface area contributed by atoms with Crippen LogP contribution >= 0.6 is 11.8 Å². The van der Waals surface area contributed by atoms with E-state index in [1.165, 1.54) is 0 Å². The topological polar surface area (TPSA) is 77.2 Å². The molecule has 1 N–H and O–H groups in total. The maximum absolute atomic E-state index is 12.0. The molecule has 0 aromatic carbocycles. The van der Waals surface area contributed by atoms with Crippen LogP contribution in [0.15, 0.2) is 5.16 Å². The summed E-state index contributed by atoms with van der Waals surface area (Å²) < 4.78 is 42.2. The van der Waals surface area contributed by atoms with Crippen molar-refractivity contribution in [2.75, 3.05) is 19.0 Å². The summed E-state index contributed by atoms with van der Waals surface area (Å²) in [6, 6.07) is 0. The van der Waals surface area contributed by atoms with Crippen molar-refractivity contribution >= 4 is 17.7 Å². The Bertz CT molecular complexity index is 503. The van der Waals surface area contributed by atoms with E-state index in [2.05, 4.69) is 14.9 Å².